The zero-order valence-corrected chi connectivity index (χ0v) is 16.4. The van der Waals surface area contributed by atoms with Crippen molar-refractivity contribution in [2.75, 3.05) is 27.7 Å². The Hall–Kier alpha value is -3.41. The van der Waals surface area contributed by atoms with Gasteiger partial charge in [0, 0.05) is 32.9 Å². The molecule has 2 amide bonds. The zero-order chi connectivity index (χ0) is 20.1. The molecule has 2 aromatic carbocycles. The predicted octanol–water partition coefficient (Wildman–Crippen LogP) is 2.76. The van der Waals surface area contributed by atoms with Gasteiger partial charge in [0.25, 0.3) is 5.91 Å². The van der Waals surface area contributed by atoms with E-state index in [0.717, 1.165) is 11.1 Å². The number of aromatic nitrogens is 2. The van der Waals surface area contributed by atoms with Gasteiger partial charge >= 0.3 is 0 Å². The molecule has 0 saturated heterocycles. The number of nitrogens with zero attached hydrogens (tertiary/aromatic N) is 4. The first-order chi connectivity index (χ1) is 13.5. The van der Waals surface area contributed by atoms with Crippen LogP contribution in [0.5, 0.6) is 0 Å². The van der Waals surface area contributed by atoms with Crippen molar-refractivity contribution in [3.05, 3.63) is 78.0 Å². The topological polar surface area (TPSA) is 58.4 Å². The third-order valence-electron chi connectivity index (χ3n) is 4.44. The Morgan fingerprint density at radius 2 is 1.54 bits per heavy atom. The van der Waals surface area contributed by atoms with E-state index in [2.05, 4.69) is 5.10 Å². The molecule has 144 valence electrons. The summed E-state index contributed by atoms with van der Waals surface area (Å²) < 4.78 is 1.77. The molecule has 0 N–H and O–H groups in total. The third kappa shape index (κ3) is 4.46. The number of amides is 2. The van der Waals surface area contributed by atoms with E-state index < -0.39 is 0 Å². The summed E-state index contributed by atoms with van der Waals surface area (Å²) >= 11 is 0. The summed E-state index contributed by atoms with van der Waals surface area (Å²) in [6.45, 7) is 0.582. The van der Waals surface area contributed by atoms with Crippen LogP contribution < -0.4 is 0 Å². The van der Waals surface area contributed by atoms with Gasteiger partial charge < -0.3 is 9.80 Å². The van der Waals surface area contributed by atoms with Crippen LogP contribution in [-0.2, 0) is 11.3 Å². The van der Waals surface area contributed by atoms with Gasteiger partial charge in [-0.05, 0) is 5.56 Å². The average Bonchev–Trinajstić information content (AvgIpc) is 3.12. The number of likely N-dealkylation sites (N-methyl/N-ethyl adjacent to an activating group) is 2. The lowest BCUT2D eigenvalue weighted by Gasteiger charge is -2.19. The van der Waals surface area contributed by atoms with Crippen LogP contribution >= 0.6 is 0 Å². The Morgan fingerprint density at radius 3 is 2.14 bits per heavy atom. The SMILES string of the molecule is CN(C)C(=O)CN(C)C(=O)c1cn(Cc2ccccc2)nc1-c1ccccc1. The fraction of sp³-hybridized carbons (Fsp3) is 0.227. The number of carbonyl (C=O) groups is 2. The second kappa shape index (κ2) is 8.52. The highest BCUT2D eigenvalue weighted by Gasteiger charge is 2.23. The van der Waals surface area contributed by atoms with Crippen molar-refractivity contribution in [3.8, 4) is 11.3 Å². The Balaban J connectivity index is 1.93. The molecule has 0 aliphatic heterocycles. The molecule has 0 spiro atoms. The van der Waals surface area contributed by atoms with Crippen LogP contribution in [0, 0.1) is 0 Å². The Bertz CT molecular complexity index is 949. The largest absolute Gasteiger partial charge is 0.347 e. The Morgan fingerprint density at radius 1 is 0.929 bits per heavy atom. The zero-order valence-electron chi connectivity index (χ0n) is 16.4. The van der Waals surface area contributed by atoms with E-state index >= 15 is 0 Å². The monoisotopic (exact) mass is 376 g/mol. The van der Waals surface area contributed by atoms with Gasteiger partial charge in [0.05, 0.1) is 18.7 Å². The molecular formula is C22H24N4O2. The summed E-state index contributed by atoms with van der Waals surface area (Å²) in [5.74, 6) is -0.359. The van der Waals surface area contributed by atoms with Crippen LogP contribution in [-0.4, -0.2) is 59.1 Å². The standard InChI is InChI=1S/C22H24N4O2/c1-24(2)20(27)16-25(3)22(28)19-15-26(14-17-10-6-4-7-11-17)23-21(19)18-12-8-5-9-13-18/h4-13,15H,14,16H2,1-3H3. The fourth-order valence-electron chi connectivity index (χ4n) is 2.86. The highest BCUT2D eigenvalue weighted by molar-refractivity contribution is 6.01. The lowest BCUT2D eigenvalue weighted by atomic mass is 10.1. The van der Waals surface area contributed by atoms with Crippen LogP contribution in [0.2, 0.25) is 0 Å². The highest BCUT2D eigenvalue weighted by atomic mass is 16.2. The van der Waals surface area contributed by atoms with E-state index in [4.69, 9.17) is 0 Å². The van der Waals surface area contributed by atoms with Gasteiger partial charge in [-0.25, -0.2) is 0 Å². The van der Waals surface area contributed by atoms with E-state index in [-0.39, 0.29) is 18.4 Å². The molecule has 0 fully saturated rings. The van der Waals surface area contributed by atoms with Crippen molar-refractivity contribution < 1.29 is 9.59 Å². The van der Waals surface area contributed by atoms with Crippen LogP contribution in [0.25, 0.3) is 11.3 Å². The van der Waals surface area contributed by atoms with Crippen molar-refractivity contribution in [3.63, 3.8) is 0 Å². The van der Waals surface area contributed by atoms with Gasteiger partial charge in [0.1, 0.15) is 5.69 Å². The molecule has 0 atom stereocenters. The summed E-state index contributed by atoms with van der Waals surface area (Å²) in [6.07, 6.45) is 1.76. The van der Waals surface area contributed by atoms with Crippen molar-refractivity contribution in [1.29, 1.82) is 0 Å². The van der Waals surface area contributed by atoms with E-state index in [9.17, 15) is 9.59 Å². The minimum absolute atomic E-state index is 0.0178. The normalized spacial score (nSPS) is 10.5. The molecular weight excluding hydrogens is 352 g/mol. The van der Waals surface area contributed by atoms with Crippen LogP contribution in [0.3, 0.4) is 0 Å². The number of carbonyl (C=O) groups excluding carboxylic acids is 2. The predicted molar refractivity (Wildman–Crippen MR) is 109 cm³/mol. The summed E-state index contributed by atoms with van der Waals surface area (Å²) in [6, 6.07) is 19.6. The molecule has 3 aromatic rings. The van der Waals surface area contributed by atoms with Crippen LogP contribution in [0.4, 0.5) is 0 Å². The minimum Gasteiger partial charge on any atom is -0.347 e. The van der Waals surface area contributed by atoms with E-state index in [1.165, 1.54) is 9.80 Å². The van der Waals surface area contributed by atoms with E-state index in [1.54, 1.807) is 32.0 Å². The Labute approximate surface area is 165 Å². The molecule has 0 radical (unpaired) electrons. The lowest BCUT2D eigenvalue weighted by molar-refractivity contribution is -0.129. The second-order valence-corrected chi connectivity index (χ2v) is 6.89. The molecule has 0 aliphatic rings. The molecule has 28 heavy (non-hydrogen) atoms. The third-order valence-corrected chi connectivity index (χ3v) is 4.44. The van der Waals surface area contributed by atoms with E-state index in [0.29, 0.717) is 17.8 Å². The molecule has 0 aliphatic carbocycles. The van der Waals surface area contributed by atoms with Gasteiger partial charge in [-0.3, -0.25) is 14.3 Å². The molecule has 1 heterocycles. The number of hydrogen-bond acceptors (Lipinski definition) is 3. The van der Waals surface area contributed by atoms with Crippen molar-refractivity contribution in [2.45, 2.75) is 6.54 Å². The quantitative estimate of drug-likeness (QED) is 0.665. The molecule has 0 unspecified atom stereocenters. The minimum atomic E-state index is -0.228. The maximum atomic E-state index is 13.1. The summed E-state index contributed by atoms with van der Waals surface area (Å²) in [5.41, 5.74) is 3.06. The van der Waals surface area contributed by atoms with Gasteiger partial charge in [-0.15, -0.1) is 0 Å². The van der Waals surface area contributed by atoms with Crippen LogP contribution in [0.15, 0.2) is 66.9 Å². The first kappa shape index (κ1) is 19.4. The lowest BCUT2D eigenvalue weighted by Crippen LogP contribution is -2.37. The molecule has 0 saturated carbocycles. The van der Waals surface area contributed by atoms with Gasteiger partial charge in [0.15, 0.2) is 0 Å². The molecule has 0 bridgehead atoms. The number of benzene rings is 2. The Kier molecular flexibility index (Phi) is 5.89. The highest BCUT2D eigenvalue weighted by Crippen LogP contribution is 2.23. The van der Waals surface area contributed by atoms with Gasteiger partial charge in [-0.1, -0.05) is 60.7 Å². The van der Waals surface area contributed by atoms with Crippen LogP contribution in [0.1, 0.15) is 15.9 Å². The number of hydrogen-bond donors (Lipinski definition) is 0. The molecule has 1 aromatic heterocycles. The number of rotatable bonds is 6. The molecule has 6 nitrogen and oxygen atoms in total. The summed E-state index contributed by atoms with van der Waals surface area (Å²) in [5, 5.41) is 4.67. The molecule has 6 heteroatoms. The van der Waals surface area contributed by atoms with Crippen molar-refractivity contribution in [1.82, 2.24) is 19.6 Å². The maximum absolute atomic E-state index is 13.1. The van der Waals surface area contributed by atoms with Crippen molar-refractivity contribution in [2.24, 2.45) is 0 Å². The fourth-order valence-corrected chi connectivity index (χ4v) is 2.86. The van der Waals surface area contributed by atoms with Gasteiger partial charge in [-0.2, -0.15) is 5.10 Å². The second-order valence-electron chi connectivity index (χ2n) is 6.89. The average molecular weight is 376 g/mol. The van der Waals surface area contributed by atoms with Gasteiger partial charge in [0.2, 0.25) is 5.91 Å². The summed E-state index contributed by atoms with van der Waals surface area (Å²) in [7, 11) is 4.98. The molecule has 3 rings (SSSR count). The summed E-state index contributed by atoms with van der Waals surface area (Å²) in [4.78, 5) is 28.0. The van der Waals surface area contributed by atoms with E-state index in [1.807, 2.05) is 60.7 Å². The van der Waals surface area contributed by atoms with Crippen molar-refractivity contribution >= 4 is 11.8 Å². The first-order valence-electron chi connectivity index (χ1n) is 9.08. The maximum Gasteiger partial charge on any atom is 0.257 e. The smallest absolute Gasteiger partial charge is 0.257 e. The first-order valence-corrected chi connectivity index (χ1v) is 9.08.